The van der Waals surface area contributed by atoms with E-state index in [-0.39, 0.29) is 23.6 Å². The first-order valence-corrected chi connectivity index (χ1v) is 10.1. The summed E-state index contributed by atoms with van der Waals surface area (Å²) in [6.45, 7) is 0. The lowest BCUT2D eigenvalue weighted by Crippen LogP contribution is -2.38. The molecule has 0 aliphatic rings. The number of amides is 2. The molecule has 0 saturated heterocycles. The molecule has 33 heavy (non-hydrogen) atoms. The standard InChI is InChI=1S/C24H21FN6O2/c25-18-12-17(21(26)32)23(29-16-11-15-8-4-5-9-19(15)28-13-16)31-24(18)30-20(22(27)33)10-14-6-2-1-3-7-14/h1-9,11-13,20H,10H2,(H2,26,32)(H2,27,33)(H2,29,30,31)/t20-/m1/s1. The van der Waals surface area contributed by atoms with Crippen molar-refractivity contribution in [3.63, 3.8) is 0 Å². The Labute approximate surface area is 188 Å². The molecular formula is C24H21FN6O2. The maximum absolute atomic E-state index is 14.8. The molecule has 166 valence electrons. The third kappa shape index (κ3) is 5.04. The monoisotopic (exact) mass is 444 g/mol. The normalized spacial score (nSPS) is 11.7. The van der Waals surface area contributed by atoms with Crippen LogP contribution in [0.5, 0.6) is 0 Å². The van der Waals surface area contributed by atoms with Gasteiger partial charge >= 0.3 is 0 Å². The number of pyridine rings is 2. The Hall–Kier alpha value is -4.53. The lowest BCUT2D eigenvalue weighted by molar-refractivity contribution is -0.118. The fraction of sp³-hybridized carbons (Fsp3) is 0.0833. The van der Waals surface area contributed by atoms with Crippen molar-refractivity contribution in [2.45, 2.75) is 12.5 Å². The minimum absolute atomic E-state index is 0.0198. The smallest absolute Gasteiger partial charge is 0.252 e. The highest BCUT2D eigenvalue weighted by Crippen LogP contribution is 2.26. The lowest BCUT2D eigenvalue weighted by atomic mass is 10.1. The van der Waals surface area contributed by atoms with Crippen molar-refractivity contribution in [2.24, 2.45) is 11.5 Å². The first kappa shape index (κ1) is 21.7. The molecule has 2 heterocycles. The number of primary amides is 2. The molecule has 0 saturated carbocycles. The maximum Gasteiger partial charge on any atom is 0.252 e. The second-order valence-corrected chi connectivity index (χ2v) is 7.41. The number of hydrogen-bond donors (Lipinski definition) is 4. The number of anilines is 3. The van der Waals surface area contributed by atoms with E-state index in [0.717, 1.165) is 22.5 Å². The number of halogens is 1. The fourth-order valence-corrected chi connectivity index (χ4v) is 3.39. The topological polar surface area (TPSA) is 136 Å². The summed E-state index contributed by atoms with van der Waals surface area (Å²) >= 11 is 0. The fourth-order valence-electron chi connectivity index (χ4n) is 3.39. The van der Waals surface area contributed by atoms with Crippen LogP contribution in [0.1, 0.15) is 15.9 Å². The molecule has 0 fully saturated rings. The summed E-state index contributed by atoms with van der Waals surface area (Å²) in [5.74, 6) is -2.60. The number of nitrogens with two attached hydrogens (primary N) is 2. The summed E-state index contributed by atoms with van der Waals surface area (Å²) in [4.78, 5) is 32.5. The van der Waals surface area contributed by atoms with Gasteiger partial charge in [0.25, 0.3) is 5.91 Å². The Bertz CT molecular complexity index is 1330. The second-order valence-electron chi connectivity index (χ2n) is 7.41. The maximum atomic E-state index is 14.8. The van der Waals surface area contributed by atoms with Crippen LogP contribution in [0.4, 0.5) is 21.7 Å². The molecule has 2 amide bonds. The zero-order valence-electron chi connectivity index (χ0n) is 17.5. The van der Waals surface area contributed by atoms with Gasteiger partial charge in [-0.05, 0) is 23.8 Å². The highest BCUT2D eigenvalue weighted by Gasteiger charge is 2.21. The van der Waals surface area contributed by atoms with E-state index in [1.54, 1.807) is 6.20 Å². The number of rotatable bonds is 8. The molecule has 4 rings (SSSR count). The van der Waals surface area contributed by atoms with Crippen molar-refractivity contribution >= 4 is 40.0 Å². The SMILES string of the molecule is NC(=O)c1cc(F)c(N[C@H](Cc2ccccc2)C(N)=O)nc1Nc1cnc2ccccc2c1. The van der Waals surface area contributed by atoms with E-state index in [4.69, 9.17) is 11.5 Å². The van der Waals surface area contributed by atoms with Gasteiger partial charge in [0.15, 0.2) is 11.6 Å². The number of carbonyl (C=O) groups excluding carboxylic acids is 2. The van der Waals surface area contributed by atoms with E-state index in [9.17, 15) is 14.0 Å². The molecule has 0 unspecified atom stereocenters. The van der Waals surface area contributed by atoms with E-state index in [1.165, 1.54) is 0 Å². The van der Waals surface area contributed by atoms with Crippen LogP contribution in [0.15, 0.2) is 72.9 Å². The van der Waals surface area contributed by atoms with Gasteiger partial charge in [-0.3, -0.25) is 14.6 Å². The first-order chi connectivity index (χ1) is 15.9. The van der Waals surface area contributed by atoms with E-state index in [2.05, 4.69) is 20.6 Å². The number of carbonyl (C=O) groups is 2. The van der Waals surface area contributed by atoms with Gasteiger partial charge in [-0.25, -0.2) is 9.37 Å². The Morgan fingerprint density at radius 1 is 0.970 bits per heavy atom. The van der Waals surface area contributed by atoms with Gasteiger partial charge in [0.2, 0.25) is 5.91 Å². The van der Waals surface area contributed by atoms with E-state index >= 15 is 0 Å². The highest BCUT2D eigenvalue weighted by atomic mass is 19.1. The van der Waals surface area contributed by atoms with Gasteiger partial charge in [-0.1, -0.05) is 48.5 Å². The Morgan fingerprint density at radius 3 is 2.42 bits per heavy atom. The molecule has 0 bridgehead atoms. The zero-order valence-corrected chi connectivity index (χ0v) is 17.5. The third-order valence-electron chi connectivity index (χ3n) is 5.03. The van der Waals surface area contributed by atoms with Gasteiger partial charge in [0.05, 0.1) is 23.0 Å². The molecule has 0 aliphatic carbocycles. The number of nitrogens with zero attached hydrogens (tertiary/aromatic N) is 2. The van der Waals surface area contributed by atoms with Crippen LogP contribution in [0.25, 0.3) is 10.9 Å². The van der Waals surface area contributed by atoms with E-state index in [0.29, 0.717) is 5.69 Å². The first-order valence-electron chi connectivity index (χ1n) is 10.1. The van der Waals surface area contributed by atoms with Crippen molar-refractivity contribution in [1.29, 1.82) is 0 Å². The van der Waals surface area contributed by atoms with Crippen LogP contribution in [0, 0.1) is 5.82 Å². The quantitative estimate of drug-likeness (QED) is 0.330. The van der Waals surface area contributed by atoms with Crippen LogP contribution in [0.2, 0.25) is 0 Å². The van der Waals surface area contributed by atoms with Crippen molar-refractivity contribution in [1.82, 2.24) is 9.97 Å². The van der Waals surface area contributed by atoms with Crippen LogP contribution in [-0.4, -0.2) is 27.8 Å². The molecule has 1 atom stereocenters. The van der Waals surface area contributed by atoms with Gasteiger partial charge in [0, 0.05) is 11.8 Å². The number of nitrogens with one attached hydrogen (secondary N) is 2. The minimum Gasteiger partial charge on any atom is -0.368 e. The summed E-state index contributed by atoms with van der Waals surface area (Å²) in [5.41, 5.74) is 13.0. The van der Waals surface area contributed by atoms with Crippen LogP contribution < -0.4 is 22.1 Å². The molecule has 0 aliphatic heterocycles. The third-order valence-corrected chi connectivity index (χ3v) is 5.03. The molecular weight excluding hydrogens is 423 g/mol. The summed E-state index contributed by atoms with van der Waals surface area (Å²) < 4.78 is 14.8. The van der Waals surface area contributed by atoms with Crippen molar-refractivity contribution < 1.29 is 14.0 Å². The molecule has 4 aromatic rings. The largest absolute Gasteiger partial charge is 0.368 e. The van der Waals surface area contributed by atoms with E-state index < -0.39 is 23.7 Å². The summed E-state index contributed by atoms with van der Waals surface area (Å²) in [6.07, 6.45) is 1.79. The Balaban J connectivity index is 1.66. The Morgan fingerprint density at radius 2 is 1.70 bits per heavy atom. The van der Waals surface area contributed by atoms with Crippen molar-refractivity contribution in [3.8, 4) is 0 Å². The van der Waals surface area contributed by atoms with Gasteiger partial charge in [0.1, 0.15) is 11.9 Å². The molecule has 2 aromatic heterocycles. The molecule has 6 N–H and O–H groups in total. The van der Waals surface area contributed by atoms with Crippen LogP contribution in [-0.2, 0) is 11.2 Å². The van der Waals surface area contributed by atoms with Crippen LogP contribution in [0.3, 0.4) is 0 Å². The number of fused-ring (bicyclic) bond motifs is 1. The zero-order chi connectivity index (χ0) is 23.4. The van der Waals surface area contributed by atoms with Crippen LogP contribution >= 0.6 is 0 Å². The molecule has 0 radical (unpaired) electrons. The minimum atomic E-state index is -0.927. The van der Waals surface area contributed by atoms with Gasteiger partial charge in [-0.15, -0.1) is 0 Å². The average molecular weight is 444 g/mol. The molecule has 8 nitrogen and oxygen atoms in total. The number of benzene rings is 2. The summed E-state index contributed by atoms with van der Waals surface area (Å²) in [5, 5.41) is 6.58. The number of hydrogen-bond acceptors (Lipinski definition) is 6. The lowest BCUT2D eigenvalue weighted by Gasteiger charge is -2.18. The average Bonchev–Trinajstić information content (AvgIpc) is 2.80. The van der Waals surface area contributed by atoms with E-state index in [1.807, 2.05) is 60.7 Å². The second kappa shape index (κ2) is 9.31. The van der Waals surface area contributed by atoms with Gasteiger partial charge < -0.3 is 22.1 Å². The highest BCUT2D eigenvalue weighted by molar-refractivity contribution is 5.99. The Kier molecular flexibility index (Phi) is 6.12. The number of para-hydroxylation sites is 1. The summed E-state index contributed by atoms with van der Waals surface area (Å²) in [7, 11) is 0. The predicted octanol–water partition coefficient (Wildman–Crippen LogP) is 3.12. The summed E-state index contributed by atoms with van der Waals surface area (Å²) in [6, 6.07) is 18.5. The van der Waals surface area contributed by atoms with Gasteiger partial charge in [-0.2, -0.15) is 0 Å². The molecule has 9 heteroatoms. The predicted molar refractivity (Wildman–Crippen MR) is 124 cm³/mol. The molecule has 2 aromatic carbocycles. The number of aromatic nitrogens is 2. The van der Waals surface area contributed by atoms with Crippen molar-refractivity contribution in [3.05, 3.63) is 89.9 Å². The van der Waals surface area contributed by atoms with Crippen molar-refractivity contribution in [2.75, 3.05) is 10.6 Å². The molecule has 0 spiro atoms.